The highest BCUT2D eigenvalue weighted by molar-refractivity contribution is 5.52. The molecule has 0 amide bonds. The molecule has 4 heteroatoms. The van der Waals surface area contributed by atoms with Gasteiger partial charge in [0.25, 0.3) is 0 Å². The first-order chi connectivity index (χ1) is 9.35. The van der Waals surface area contributed by atoms with Gasteiger partial charge in [-0.15, -0.1) is 0 Å². The van der Waals surface area contributed by atoms with Crippen molar-refractivity contribution in [1.29, 1.82) is 0 Å². The van der Waals surface area contributed by atoms with Crippen LogP contribution in [0.1, 0.15) is 32.6 Å². The van der Waals surface area contributed by atoms with Crippen LogP contribution < -0.4 is 10.6 Å². The third-order valence-electron chi connectivity index (χ3n) is 4.31. The van der Waals surface area contributed by atoms with Crippen molar-refractivity contribution in [3.8, 4) is 0 Å². The van der Waals surface area contributed by atoms with E-state index >= 15 is 0 Å². The van der Waals surface area contributed by atoms with Gasteiger partial charge >= 0.3 is 0 Å². The number of pyridine rings is 1. The molecule has 0 bridgehead atoms. The second-order valence-electron chi connectivity index (χ2n) is 5.66. The zero-order valence-corrected chi connectivity index (χ0v) is 11.7. The second-order valence-corrected chi connectivity index (χ2v) is 5.66. The first-order valence-corrected chi connectivity index (χ1v) is 7.55. The fraction of sp³-hybridized carbons (Fsp3) is 0.667. The fourth-order valence-corrected chi connectivity index (χ4v) is 3.39. The standard InChI is InChI=1S/C15H24N4/c1-2-16-15-11-12(5-7-17-15)18-13-6-9-19-8-3-4-14(19)10-13/h5,7,11,13-14H,2-4,6,8-10H2,1H3,(H2,16,17,18). The van der Waals surface area contributed by atoms with Gasteiger partial charge in [-0.1, -0.05) is 0 Å². The molecule has 0 aliphatic carbocycles. The van der Waals surface area contributed by atoms with Crippen molar-refractivity contribution >= 4 is 11.5 Å². The normalized spacial score (nSPS) is 27.0. The molecule has 0 saturated carbocycles. The third-order valence-corrected chi connectivity index (χ3v) is 4.31. The van der Waals surface area contributed by atoms with Gasteiger partial charge in [0.1, 0.15) is 5.82 Å². The average molecular weight is 260 g/mol. The summed E-state index contributed by atoms with van der Waals surface area (Å²) >= 11 is 0. The summed E-state index contributed by atoms with van der Waals surface area (Å²) in [5.74, 6) is 0.964. The Balaban J connectivity index is 1.60. The van der Waals surface area contributed by atoms with Gasteiger partial charge in [-0.05, 0) is 45.2 Å². The van der Waals surface area contributed by atoms with Gasteiger partial charge in [0, 0.05) is 43.1 Å². The molecule has 104 valence electrons. The first kappa shape index (κ1) is 12.7. The van der Waals surface area contributed by atoms with Crippen LogP contribution in [0.2, 0.25) is 0 Å². The molecular weight excluding hydrogens is 236 g/mol. The minimum Gasteiger partial charge on any atom is -0.382 e. The van der Waals surface area contributed by atoms with E-state index in [0.29, 0.717) is 6.04 Å². The molecule has 2 atom stereocenters. The molecule has 1 aromatic rings. The minimum atomic E-state index is 0.622. The SMILES string of the molecule is CCNc1cc(NC2CCN3CCCC3C2)ccn1. The lowest BCUT2D eigenvalue weighted by atomic mass is 9.97. The molecule has 2 aliphatic heterocycles. The van der Waals surface area contributed by atoms with Gasteiger partial charge in [-0.25, -0.2) is 4.98 Å². The van der Waals surface area contributed by atoms with Crippen molar-refractivity contribution in [3.05, 3.63) is 18.3 Å². The summed E-state index contributed by atoms with van der Waals surface area (Å²) in [5.41, 5.74) is 1.20. The Labute approximate surface area is 115 Å². The van der Waals surface area contributed by atoms with Crippen LogP contribution in [0.15, 0.2) is 18.3 Å². The van der Waals surface area contributed by atoms with Gasteiger partial charge in [0.05, 0.1) is 0 Å². The van der Waals surface area contributed by atoms with E-state index < -0.39 is 0 Å². The molecule has 2 fully saturated rings. The third kappa shape index (κ3) is 3.00. The van der Waals surface area contributed by atoms with Crippen LogP contribution in [0, 0.1) is 0 Å². The maximum atomic E-state index is 4.32. The molecule has 0 aromatic carbocycles. The number of hydrogen-bond donors (Lipinski definition) is 2. The van der Waals surface area contributed by atoms with Gasteiger partial charge in [0.2, 0.25) is 0 Å². The highest BCUT2D eigenvalue weighted by Gasteiger charge is 2.31. The Morgan fingerprint density at radius 3 is 3.21 bits per heavy atom. The van der Waals surface area contributed by atoms with Crippen LogP contribution in [0.5, 0.6) is 0 Å². The molecule has 1 aromatic heterocycles. The van der Waals surface area contributed by atoms with E-state index in [1.807, 2.05) is 6.20 Å². The molecule has 3 rings (SSSR count). The summed E-state index contributed by atoms with van der Waals surface area (Å²) < 4.78 is 0. The van der Waals surface area contributed by atoms with Crippen LogP contribution in [0.3, 0.4) is 0 Å². The zero-order chi connectivity index (χ0) is 13.1. The summed E-state index contributed by atoms with van der Waals surface area (Å²) in [4.78, 5) is 6.98. The number of rotatable bonds is 4. The van der Waals surface area contributed by atoms with Gasteiger partial charge < -0.3 is 15.5 Å². The van der Waals surface area contributed by atoms with Crippen molar-refractivity contribution in [2.24, 2.45) is 0 Å². The van der Waals surface area contributed by atoms with Gasteiger partial charge in [-0.2, -0.15) is 0 Å². The first-order valence-electron chi connectivity index (χ1n) is 7.55. The minimum absolute atomic E-state index is 0.622. The van der Waals surface area contributed by atoms with E-state index in [1.165, 1.54) is 44.5 Å². The predicted octanol–water partition coefficient (Wildman–Crippen LogP) is 2.55. The van der Waals surface area contributed by atoms with E-state index in [-0.39, 0.29) is 0 Å². The highest BCUT2D eigenvalue weighted by atomic mass is 15.2. The summed E-state index contributed by atoms with van der Waals surface area (Å²) in [6.07, 6.45) is 7.20. The van der Waals surface area contributed by atoms with E-state index in [9.17, 15) is 0 Å². The van der Waals surface area contributed by atoms with E-state index in [4.69, 9.17) is 0 Å². The monoisotopic (exact) mass is 260 g/mol. The Morgan fingerprint density at radius 2 is 2.32 bits per heavy atom. The smallest absolute Gasteiger partial charge is 0.127 e. The van der Waals surface area contributed by atoms with Crippen molar-refractivity contribution in [2.75, 3.05) is 30.3 Å². The molecule has 0 spiro atoms. The maximum Gasteiger partial charge on any atom is 0.127 e. The number of aromatic nitrogens is 1. The topological polar surface area (TPSA) is 40.2 Å². The Kier molecular flexibility index (Phi) is 3.87. The highest BCUT2D eigenvalue weighted by Crippen LogP contribution is 2.28. The molecule has 4 nitrogen and oxygen atoms in total. The number of hydrogen-bond acceptors (Lipinski definition) is 4. The fourth-order valence-electron chi connectivity index (χ4n) is 3.39. The van der Waals surface area contributed by atoms with E-state index in [2.05, 4.69) is 39.6 Å². The molecule has 19 heavy (non-hydrogen) atoms. The van der Waals surface area contributed by atoms with E-state index in [1.54, 1.807) is 0 Å². The van der Waals surface area contributed by atoms with Gasteiger partial charge in [-0.3, -0.25) is 0 Å². The molecule has 2 aliphatic rings. The Morgan fingerprint density at radius 1 is 1.37 bits per heavy atom. The summed E-state index contributed by atoms with van der Waals surface area (Å²) in [7, 11) is 0. The quantitative estimate of drug-likeness (QED) is 0.873. The Hall–Kier alpha value is -1.29. The molecular formula is C15H24N4. The van der Waals surface area contributed by atoms with Crippen molar-refractivity contribution < 1.29 is 0 Å². The summed E-state index contributed by atoms with van der Waals surface area (Å²) in [6.45, 7) is 5.58. The molecule has 2 unspecified atom stereocenters. The molecule has 2 N–H and O–H groups in total. The van der Waals surface area contributed by atoms with Crippen molar-refractivity contribution in [2.45, 2.75) is 44.7 Å². The van der Waals surface area contributed by atoms with Crippen LogP contribution in [-0.2, 0) is 0 Å². The predicted molar refractivity (Wildman–Crippen MR) is 79.6 cm³/mol. The lowest BCUT2D eigenvalue weighted by Crippen LogP contribution is -2.42. The summed E-state index contributed by atoms with van der Waals surface area (Å²) in [5, 5.41) is 6.95. The van der Waals surface area contributed by atoms with Crippen LogP contribution >= 0.6 is 0 Å². The van der Waals surface area contributed by atoms with Gasteiger partial charge in [0.15, 0.2) is 0 Å². The number of piperidine rings is 1. The summed E-state index contributed by atoms with van der Waals surface area (Å²) in [6, 6.07) is 5.63. The second kappa shape index (κ2) is 5.78. The molecule has 3 heterocycles. The lowest BCUT2D eigenvalue weighted by molar-refractivity contribution is 0.188. The number of fused-ring (bicyclic) bond motifs is 1. The molecule has 2 saturated heterocycles. The average Bonchev–Trinajstić information content (AvgIpc) is 2.87. The van der Waals surface area contributed by atoms with Crippen LogP contribution in [0.25, 0.3) is 0 Å². The molecule has 0 radical (unpaired) electrons. The van der Waals surface area contributed by atoms with Crippen LogP contribution in [-0.4, -0.2) is 41.6 Å². The zero-order valence-electron chi connectivity index (χ0n) is 11.7. The number of nitrogens with one attached hydrogen (secondary N) is 2. The van der Waals surface area contributed by atoms with Crippen LogP contribution in [0.4, 0.5) is 11.5 Å². The van der Waals surface area contributed by atoms with Crippen molar-refractivity contribution in [3.63, 3.8) is 0 Å². The largest absolute Gasteiger partial charge is 0.382 e. The number of nitrogens with zero attached hydrogens (tertiary/aromatic N) is 2. The number of anilines is 2. The van der Waals surface area contributed by atoms with Crippen molar-refractivity contribution in [1.82, 2.24) is 9.88 Å². The maximum absolute atomic E-state index is 4.32. The Bertz CT molecular complexity index is 420. The lowest BCUT2D eigenvalue weighted by Gasteiger charge is -2.35. The van der Waals surface area contributed by atoms with E-state index in [0.717, 1.165) is 18.4 Å².